The number of hydrogen-bond acceptors (Lipinski definition) is 4. The number of aryl methyl sites for hydroxylation is 1. The van der Waals surface area contributed by atoms with Crippen molar-refractivity contribution in [3.05, 3.63) is 96.2 Å². The molecule has 0 unspecified atom stereocenters. The molecule has 0 spiro atoms. The molecule has 0 fully saturated rings. The van der Waals surface area contributed by atoms with Crippen LogP contribution in [0.3, 0.4) is 0 Å². The van der Waals surface area contributed by atoms with Gasteiger partial charge in [-0.15, -0.1) is 0 Å². The molecule has 1 N–H and O–H groups in total. The van der Waals surface area contributed by atoms with E-state index in [1.807, 2.05) is 30.3 Å². The molecule has 4 aromatic rings. The fourth-order valence-electron chi connectivity index (χ4n) is 3.22. The zero-order chi connectivity index (χ0) is 23.3. The van der Waals surface area contributed by atoms with Gasteiger partial charge in [0.25, 0.3) is 0 Å². The summed E-state index contributed by atoms with van der Waals surface area (Å²) < 4.78 is 49.5. The number of aromatic nitrogens is 1. The van der Waals surface area contributed by atoms with Crippen LogP contribution in [0.5, 0.6) is 11.5 Å². The summed E-state index contributed by atoms with van der Waals surface area (Å²) in [5.41, 5.74) is 0.860. The Bertz CT molecular complexity index is 1220. The van der Waals surface area contributed by atoms with Gasteiger partial charge in [-0.3, -0.25) is 4.79 Å². The highest BCUT2D eigenvalue weighted by atomic mass is 19.4. The number of amides is 1. The summed E-state index contributed by atoms with van der Waals surface area (Å²) in [6, 6.07) is 20.9. The molecule has 0 aliphatic carbocycles. The molecule has 33 heavy (non-hydrogen) atoms. The van der Waals surface area contributed by atoms with E-state index < -0.39 is 11.7 Å². The number of carbonyl (C=O) groups excluding carboxylic acids is 1. The Kier molecular flexibility index (Phi) is 6.44. The van der Waals surface area contributed by atoms with Gasteiger partial charge in [-0.05, 0) is 42.8 Å². The molecule has 168 valence electrons. The number of rotatable bonds is 7. The Morgan fingerprint density at radius 3 is 2.36 bits per heavy atom. The van der Waals surface area contributed by atoms with Crippen LogP contribution in [0.4, 0.5) is 18.9 Å². The molecule has 0 aliphatic heterocycles. The standard InChI is InChI=1S/C25H19F3N2O3/c26-25(27,28)19-13-10-17(11-14-19)24-18(16-29-33-24)12-15-23(31)30-21-8-4-5-9-22(21)32-20-6-2-1-3-7-20/h1-11,13-14,16H,12,15H2,(H,30,31). The van der Waals surface area contributed by atoms with Gasteiger partial charge in [-0.25, -0.2) is 0 Å². The predicted octanol–water partition coefficient (Wildman–Crippen LogP) is 6.72. The van der Waals surface area contributed by atoms with E-state index in [0.717, 1.165) is 12.1 Å². The van der Waals surface area contributed by atoms with Crippen LogP contribution in [0, 0.1) is 0 Å². The van der Waals surface area contributed by atoms with Gasteiger partial charge < -0.3 is 14.6 Å². The summed E-state index contributed by atoms with van der Waals surface area (Å²) >= 11 is 0. The summed E-state index contributed by atoms with van der Waals surface area (Å²) in [6.45, 7) is 0. The predicted molar refractivity (Wildman–Crippen MR) is 117 cm³/mol. The smallest absolute Gasteiger partial charge is 0.416 e. The maximum absolute atomic E-state index is 12.8. The Labute approximate surface area is 187 Å². The van der Waals surface area contributed by atoms with Crippen LogP contribution in [-0.4, -0.2) is 11.1 Å². The van der Waals surface area contributed by atoms with Crippen molar-refractivity contribution in [3.63, 3.8) is 0 Å². The van der Waals surface area contributed by atoms with Crippen molar-refractivity contribution < 1.29 is 27.2 Å². The second-order valence-corrected chi connectivity index (χ2v) is 7.21. The normalized spacial score (nSPS) is 11.2. The van der Waals surface area contributed by atoms with Gasteiger partial charge in [0.05, 0.1) is 17.4 Å². The van der Waals surface area contributed by atoms with Crippen molar-refractivity contribution in [2.45, 2.75) is 19.0 Å². The first kappa shape index (κ1) is 22.1. The van der Waals surface area contributed by atoms with Crippen LogP contribution in [0.1, 0.15) is 17.5 Å². The number of alkyl halides is 3. The lowest BCUT2D eigenvalue weighted by atomic mass is 10.0. The third-order valence-electron chi connectivity index (χ3n) is 4.87. The summed E-state index contributed by atoms with van der Waals surface area (Å²) in [5.74, 6) is 1.24. The Morgan fingerprint density at radius 1 is 0.939 bits per heavy atom. The molecule has 0 atom stereocenters. The van der Waals surface area contributed by atoms with Crippen molar-refractivity contribution in [1.29, 1.82) is 0 Å². The van der Waals surface area contributed by atoms with E-state index in [1.165, 1.54) is 18.3 Å². The lowest BCUT2D eigenvalue weighted by Gasteiger charge is -2.12. The van der Waals surface area contributed by atoms with Crippen LogP contribution in [-0.2, 0) is 17.4 Å². The van der Waals surface area contributed by atoms with Gasteiger partial charge in [0.15, 0.2) is 11.5 Å². The zero-order valence-corrected chi connectivity index (χ0v) is 17.3. The van der Waals surface area contributed by atoms with E-state index in [9.17, 15) is 18.0 Å². The van der Waals surface area contributed by atoms with Gasteiger partial charge in [-0.2, -0.15) is 13.2 Å². The fraction of sp³-hybridized carbons (Fsp3) is 0.120. The number of carbonyl (C=O) groups is 1. The van der Waals surface area contributed by atoms with E-state index in [0.29, 0.717) is 40.5 Å². The first-order chi connectivity index (χ1) is 15.9. The molecular weight excluding hydrogens is 433 g/mol. The molecule has 4 rings (SSSR count). The minimum Gasteiger partial charge on any atom is -0.455 e. The molecule has 1 heterocycles. The molecule has 0 saturated heterocycles. The third-order valence-corrected chi connectivity index (χ3v) is 4.87. The zero-order valence-electron chi connectivity index (χ0n) is 17.3. The van der Waals surface area contributed by atoms with Crippen molar-refractivity contribution in [1.82, 2.24) is 5.16 Å². The number of nitrogens with zero attached hydrogens (tertiary/aromatic N) is 1. The molecule has 0 saturated carbocycles. The molecular formula is C25H19F3N2O3. The van der Waals surface area contributed by atoms with Gasteiger partial charge in [0.1, 0.15) is 5.75 Å². The fourth-order valence-corrected chi connectivity index (χ4v) is 3.22. The summed E-state index contributed by atoms with van der Waals surface area (Å²) in [4.78, 5) is 12.6. The number of halogens is 3. The highest BCUT2D eigenvalue weighted by molar-refractivity contribution is 5.92. The van der Waals surface area contributed by atoms with Crippen LogP contribution >= 0.6 is 0 Å². The Morgan fingerprint density at radius 2 is 1.64 bits per heavy atom. The molecule has 0 aliphatic rings. The van der Waals surface area contributed by atoms with Crippen LogP contribution in [0.2, 0.25) is 0 Å². The molecule has 0 radical (unpaired) electrons. The lowest BCUT2D eigenvalue weighted by Crippen LogP contribution is -2.13. The van der Waals surface area contributed by atoms with Gasteiger partial charge in [-0.1, -0.05) is 47.6 Å². The van der Waals surface area contributed by atoms with Crippen molar-refractivity contribution in [3.8, 4) is 22.8 Å². The summed E-state index contributed by atoms with van der Waals surface area (Å²) in [5, 5.41) is 6.58. The van der Waals surface area contributed by atoms with Crippen LogP contribution in [0.15, 0.2) is 89.6 Å². The SMILES string of the molecule is O=C(CCc1cnoc1-c1ccc(C(F)(F)F)cc1)Nc1ccccc1Oc1ccccc1. The maximum atomic E-state index is 12.8. The number of ether oxygens (including phenoxy) is 1. The maximum Gasteiger partial charge on any atom is 0.416 e. The monoisotopic (exact) mass is 452 g/mol. The number of anilines is 1. The molecule has 0 bridgehead atoms. The molecule has 5 nitrogen and oxygen atoms in total. The topological polar surface area (TPSA) is 64.4 Å². The molecule has 8 heteroatoms. The van der Waals surface area contributed by atoms with E-state index in [-0.39, 0.29) is 12.3 Å². The number of para-hydroxylation sites is 3. The lowest BCUT2D eigenvalue weighted by molar-refractivity contribution is -0.137. The average molecular weight is 452 g/mol. The molecule has 1 amide bonds. The quantitative estimate of drug-likeness (QED) is 0.338. The summed E-state index contributed by atoms with van der Waals surface area (Å²) in [7, 11) is 0. The Hall–Kier alpha value is -4.07. The summed E-state index contributed by atoms with van der Waals surface area (Å²) in [6.07, 6.45) is -2.53. The van der Waals surface area contributed by atoms with E-state index in [2.05, 4.69) is 10.5 Å². The van der Waals surface area contributed by atoms with E-state index in [1.54, 1.807) is 24.3 Å². The highest BCUT2D eigenvalue weighted by Crippen LogP contribution is 2.32. The van der Waals surface area contributed by atoms with Gasteiger partial charge in [0.2, 0.25) is 5.91 Å². The van der Waals surface area contributed by atoms with E-state index >= 15 is 0 Å². The van der Waals surface area contributed by atoms with Crippen LogP contribution in [0.25, 0.3) is 11.3 Å². The first-order valence-electron chi connectivity index (χ1n) is 10.1. The number of benzene rings is 3. The highest BCUT2D eigenvalue weighted by Gasteiger charge is 2.30. The number of hydrogen-bond donors (Lipinski definition) is 1. The van der Waals surface area contributed by atoms with Crippen molar-refractivity contribution in [2.75, 3.05) is 5.32 Å². The Balaban J connectivity index is 1.41. The van der Waals surface area contributed by atoms with E-state index in [4.69, 9.17) is 9.26 Å². The molecule has 1 aromatic heterocycles. The first-order valence-corrected chi connectivity index (χ1v) is 10.1. The second kappa shape index (κ2) is 9.60. The van der Waals surface area contributed by atoms with Gasteiger partial charge >= 0.3 is 6.18 Å². The second-order valence-electron chi connectivity index (χ2n) is 7.21. The third kappa shape index (κ3) is 5.60. The van der Waals surface area contributed by atoms with Crippen molar-refractivity contribution >= 4 is 11.6 Å². The average Bonchev–Trinajstić information content (AvgIpc) is 3.28. The minimum atomic E-state index is -4.42. The molecule has 3 aromatic carbocycles. The van der Waals surface area contributed by atoms with Crippen LogP contribution < -0.4 is 10.1 Å². The van der Waals surface area contributed by atoms with Crippen molar-refractivity contribution in [2.24, 2.45) is 0 Å². The van der Waals surface area contributed by atoms with Gasteiger partial charge in [0, 0.05) is 17.5 Å². The number of nitrogens with one attached hydrogen (secondary N) is 1. The minimum absolute atomic E-state index is 0.120. The largest absolute Gasteiger partial charge is 0.455 e.